The van der Waals surface area contributed by atoms with Gasteiger partial charge >= 0.3 is 0 Å². The Morgan fingerprint density at radius 2 is 2.00 bits per heavy atom. The largest absolute Gasteiger partial charge is 0.355 e. The molecule has 1 fully saturated rings. The van der Waals surface area contributed by atoms with E-state index in [9.17, 15) is 4.79 Å². The van der Waals surface area contributed by atoms with Crippen LogP contribution in [0.3, 0.4) is 0 Å². The fraction of sp³-hybridized carbons (Fsp3) is 0.462. The number of thioether (sulfide) groups is 1. The maximum absolute atomic E-state index is 11.8. The second-order valence-corrected chi connectivity index (χ2v) is 5.48. The first-order valence-corrected chi connectivity index (χ1v) is 6.65. The second kappa shape index (κ2) is 5.39. The molecule has 1 aliphatic rings. The molecule has 0 radical (unpaired) electrons. The van der Waals surface area contributed by atoms with Gasteiger partial charge in [0.05, 0.1) is 5.25 Å². The number of amides is 1. The van der Waals surface area contributed by atoms with E-state index in [0.717, 1.165) is 25.8 Å². The molecule has 1 heterocycles. The average Bonchev–Trinajstić information content (AvgIpc) is 2.48. The number of carbonyl (C=O) groups is 1. The zero-order chi connectivity index (χ0) is 11.4. The summed E-state index contributed by atoms with van der Waals surface area (Å²) in [5.41, 5.74) is 1.26. The van der Waals surface area contributed by atoms with Gasteiger partial charge in [-0.25, -0.2) is 0 Å². The molecule has 2 nitrogen and oxygen atoms in total. The maximum atomic E-state index is 11.8. The summed E-state index contributed by atoms with van der Waals surface area (Å²) in [5.74, 6) is 0.197. The number of hydrogen-bond donors (Lipinski definition) is 1. The van der Waals surface area contributed by atoms with E-state index < -0.39 is 0 Å². The fourth-order valence-corrected chi connectivity index (χ4v) is 2.90. The SMILES string of the molecule is Cc1ccc(SC2CCCCNC2=O)cc1. The van der Waals surface area contributed by atoms with Gasteiger partial charge in [-0.2, -0.15) is 0 Å². The van der Waals surface area contributed by atoms with E-state index in [-0.39, 0.29) is 11.2 Å². The zero-order valence-corrected chi connectivity index (χ0v) is 10.3. The van der Waals surface area contributed by atoms with Crippen molar-refractivity contribution < 1.29 is 4.79 Å². The number of benzene rings is 1. The van der Waals surface area contributed by atoms with E-state index in [1.807, 2.05) is 0 Å². The van der Waals surface area contributed by atoms with Gasteiger partial charge in [-0.1, -0.05) is 24.1 Å². The summed E-state index contributed by atoms with van der Waals surface area (Å²) in [4.78, 5) is 12.9. The molecule has 0 aliphatic carbocycles. The van der Waals surface area contributed by atoms with Crippen LogP contribution in [0.1, 0.15) is 24.8 Å². The Kier molecular flexibility index (Phi) is 3.88. The van der Waals surface area contributed by atoms with E-state index in [0.29, 0.717) is 0 Å². The van der Waals surface area contributed by atoms with Gasteiger partial charge in [0.25, 0.3) is 0 Å². The molecule has 1 unspecified atom stereocenters. The van der Waals surface area contributed by atoms with Crippen LogP contribution in [0.25, 0.3) is 0 Å². The Labute approximate surface area is 101 Å². The lowest BCUT2D eigenvalue weighted by atomic mass is 10.2. The molecule has 16 heavy (non-hydrogen) atoms. The molecule has 86 valence electrons. The quantitative estimate of drug-likeness (QED) is 0.854. The highest BCUT2D eigenvalue weighted by atomic mass is 32.2. The van der Waals surface area contributed by atoms with E-state index >= 15 is 0 Å². The van der Waals surface area contributed by atoms with Crippen LogP contribution in [0.4, 0.5) is 0 Å². The third-order valence-electron chi connectivity index (χ3n) is 2.78. The average molecular weight is 235 g/mol. The molecule has 3 heteroatoms. The topological polar surface area (TPSA) is 29.1 Å². The van der Waals surface area contributed by atoms with Gasteiger partial charge in [0.15, 0.2) is 0 Å². The first kappa shape index (κ1) is 11.5. The second-order valence-electron chi connectivity index (χ2n) is 4.21. The van der Waals surface area contributed by atoms with Crippen molar-refractivity contribution in [1.29, 1.82) is 0 Å². The number of hydrogen-bond acceptors (Lipinski definition) is 2. The third kappa shape index (κ3) is 3.01. The molecule has 1 amide bonds. The molecule has 1 aliphatic heterocycles. The summed E-state index contributed by atoms with van der Waals surface area (Å²) in [6.07, 6.45) is 3.24. The van der Waals surface area contributed by atoms with Crippen LogP contribution < -0.4 is 5.32 Å². The van der Waals surface area contributed by atoms with Gasteiger partial charge in [-0.3, -0.25) is 4.79 Å². The molecule has 0 spiro atoms. The predicted octanol–water partition coefficient (Wildman–Crippen LogP) is 2.76. The zero-order valence-electron chi connectivity index (χ0n) is 9.53. The molecule has 0 aromatic heterocycles. The van der Waals surface area contributed by atoms with Crippen molar-refractivity contribution in [2.24, 2.45) is 0 Å². The number of nitrogens with one attached hydrogen (secondary N) is 1. The lowest BCUT2D eigenvalue weighted by Gasteiger charge is -2.12. The Morgan fingerprint density at radius 3 is 2.75 bits per heavy atom. The summed E-state index contributed by atoms with van der Waals surface area (Å²) >= 11 is 1.68. The lowest BCUT2D eigenvalue weighted by Crippen LogP contribution is -2.30. The van der Waals surface area contributed by atoms with E-state index in [2.05, 4.69) is 36.5 Å². The number of aryl methyl sites for hydroxylation is 1. The molecule has 2 rings (SSSR count). The number of rotatable bonds is 2. The Balaban J connectivity index is 2.02. The fourth-order valence-electron chi connectivity index (χ4n) is 1.80. The minimum atomic E-state index is 0.0882. The smallest absolute Gasteiger partial charge is 0.233 e. The van der Waals surface area contributed by atoms with Crippen molar-refractivity contribution in [1.82, 2.24) is 5.32 Å². The summed E-state index contributed by atoms with van der Waals surface area (Å²) in [6.45, 7) is 2.91. The highest BCUT2D eigenvalue weighted by Crippen LogP contribution is 2.28. The van der Waals surface area contributed by atoms with Crippen molar-refractivity contribution >= 4 is 17.7 Å². The molecule has 0 bridgehead atoms. The van der Waals surface area contributed by atoms with Gasteiger partial charge in [0, 0.05) is 11.4 Å². The molecular formula is C13H17NOS. The Morgan fingerprint density at radius 1 is 1.25 bits per heavy atom. The van der Waals surface area contributed by atoms with Gasteiger partial charge < -0.3 is 5.32 Å². The van der Waals surface area contributed by atoms with Crippen molar-refractivity contribution in [3.8, 4) is 0 Å². The standard InChI is InChI=1S/C13H17NOS/c1-10-5-7-11(8-6-10)16-12-4-2-3-9-14-13(12)15/h5-8,12H,2-4,9H2,1H3,(H,14,15). The Hall–Kier alpha value is -0.960. The highest BCUT2D eigenvalue weighted by Gasteiger charge is 2.21. The van der Waals surface area contributed by atoms with Gasteiger partial charge in [0.1, 0.15) is 0 Å². The van der Waals surface area contributed by atoms with Crippen molar-refractivity contribution in [2.45, 2.75) is 36.3 Å². The summed E-state index contributed by atoms with van der Waals surface area (Å²) in [5, 5.41) is 3.05. The molecule has 1 atom stereocenters. The van der Waals surface area contributed by atoms with Crippen LogP contribution >= 0.6 is 11.8 Å². The lowest BCUT2D eigenvalue weighted by molar-refractivity contribution is -0.120. The van der Waals surface area contributed by atoms with Crippen LogP contribution in [0.2, 0.25) is 0 Å². The van der Waals surface area contributed by atoms with Crippen LogP contribution in [0, 0.1) is 6.92 Å². The monoisotopic (exact) mass is 235 g/mol. The predicted molar refractivity (Wildman–Crippen MR) is 67.7 cm³/mol. The van der Waals surface area contributed by atoms with Crippen LogP contribution in [-0.4, -0.2) is 17.7 Å². The van der Waals surface area contributed by atoms with Gasteiger partial charge in [-0.05, 0) is 31.9 Å². The molecule has 1 aromatic rings. The molecular weight excluding hydrogens is 218 g/mol. The highest BCUT2D eigenvalue weighted by molar-refractivity contribution is 8.00. The minimum Gasteiger partial charge on any atom is -0.355 e. The summed E-state index contributed by atoms with van der Waals surface area (Å²) in [7, 11) is 0. The summed E-state index contributed by atoms with van der Waals surface area (Å²) in [6, 6.07) is 8.38. The molecule has 0 saturated carbocycles. The Bertz CT molecular complexity index is 361. The normalized spacial score (nSPS) is 21.3. The van der Waals surface area contributed by atoms with Crippen molar-refractivity contribution in [2.75, 3.05) is 6.54 Å². The van der Waals surface area contributed by atoms with Gasteiger partial charge in [-0.15, -0.1) is 11.8 Å². The van der Waals surface area contributed by atoms with E-state index in [4.69, 9.17) is 0 Å². The third-order valence-corrected chi connectivity index (χ3v) is 4.06. The first-order chi connectivity index (χ1) is 7.75. The van der Waals surface area contributed by atoms with E-state index in [1.54, 1.807) is 11.8 Å². The van der Waals surface area contributed by atoms with Gasteiger partial charge in [0.2, 0.25) is 5.91 Å². The molecule has 1 aromatic carbocycles. The van der Waals surface area contributed by atoms with Crippen molar-refractivity contribution in [3.63, 3.8) is 0 Å². The van der Waals surface area contributed by atoms with E-state index in [1.165, 1.54) is 10.5 Å². The first-order valence-electron chi connectivity index (χ1n) is 5.77. The van der Waals surface area contributed by atoms with Crippen LogP contribution in [0.15, 0.2) is 29.2 Å². The minimum absolute atomic E-state index is 0.0882. The van der Waals surface area contributed by atoms with Crippen LogP contribution in [0.5, 0.6) is 0 Å². The van der Waals surface area contributed by atoms with Crippen molar-refractivity contribution in [3.05, 3.63) is 29.8 Å². The molecule has 1 saturated heterocycles. The maximum Gasteiger partial charge on any atom is 0.233 e. The summed E-state index contributed by atoms with van der Waals surface area (Å²) < 4.78 is 0. The molecule has 1 N–H and O–H groups in total. The number of carbonyl (C=O) groups excluding carboxylic acids is 1. The van der Waals surface area contributed by atoms with Crippen LogP contribution in [-0.2, 0) is 4.79 Å².